The van der Waals surface area contributed by atoms with E-state index in [1.54, 1.807) is 6.07 Å². The summed E-state index contributed by atoms with van der Waals surface area (Å²) in [5.74, 6) is -1.71. The van der Waals surface area contributed by atoms with Gasteiger partial charge in [-0.15, -0.1) is 11.3 Å². The first-order valence-corrected chi connectivity index (χ1v) is 5.49. The van der Waals surface area contributed by atoms with Gasteiger partial charge in [-0.05, 0) is 25.5 Å². The molecule has 0 spiro atoms. The standard InChI is InChI=1S/C10H13NO4S/c1-5-3-8(16-6(5)2)9(13)11-4-7(12)10(14)15/h3,7,12H,4H2,1-2H3,(H,11,13)(H,14,15). The van der Waals surface area contributed by atoms with Crippen LogP contribution in [0.1, 0.15) is 20.1 Å². The van der Waals surface area contributed by atoms with Gasteiger partial charge in [0, 0.05) is 4.88 Å². The number of carbonyl (C=O) groups excluding carboxylic acids is 1. The molecule has 1 amide bonds. The van der Waals surface area contributed by atoms with Crippen molar-refractivity contribution in [2.45, 2.75) is 20.0 Å². The molecule has 0 aliphatic rings. The lowest BCUT2D eigenvalue weighted by Gasteiger charge is -2.06. The van der Waals surface area contributed by atoms with Crippen molar-refractivity contribution in [2.75, 3.05) is 6.54 Å². The maximum Gasteiger partial charge on any atom is 0.334 e. The molecule has 0 radical (unpaired) electrons. The molecule has 1 aromatic rings. The fourth-order valence-corrected chi connectivity index (χ4v) is 2.00. The number of carboxylic acid groups (broad SMARTS) is 1. The molecule has 1 atom stereocenters. The van der Waals surface area contributed by atoms with Crippen molar-refractivity contribution < 1.29 is 19.8 Å². The third-order valence-corrected chi connectivity index (χ3v) is 3.28. The highest BCUT2D eigenvalue weighted by atomic mass is 32.1. The van der Waals surface area contributed by atoms with Gasteiger partial charge in [0.25, 0.3) is 5.91 Å². The van der Waals surface area contributed by atoms with E-state index in [0.717, 1.165) is 10.4 Å². The summed E-state index contributed by atoms with van der Waals surface area (Å²) in [7, 11) is 0. The smallest absolute Gasteiger partial charge is 0.334 e. The van der Waals surface area contributed by atoms with Crippen LogP contribution >= 0.6 is 11.3 Å². The second kappa shape index (κ2) is 5.09. The molecule has 1 aromatic heterocycles. The summed E-state index contributed by atoms with van der Waals surface area (Å²) in [6.45, 7) is 3.52. The van der Waals surface area contributed by atoms with Crippen molar-refractivity contribution in [1.82, 2.24) is 5.32 Å². The van der Waals surface area contributed by atoms with Crippen molar-refractivity contribution in [1.29, 1.82) is 0 Å². The predicted molar refractivity (Wildman–Crippen MR) is 59.8 cm³/mol. The van der Waals surface area contributed by atoms with Crippen LogP contribution in [0.25, 0.3) is 0 Å². The molecule has 3 N–H and O–H groups in total. The maximum absolute atomic E-state index is 11.5. The number of aryl methyl sites for hydroxylation is 2. The number of aliphatic carboxylic acids is 1. The Morgan fingerprint density at radius 3 is 2.56 bits per heavy atom. The topological polar surface area (TPSA) is 86.6 Å². The SMILES string of the molecule is Cc1cc(C(=O)NCC(O)C(=O)O)sc1C. The normalized spacial score (nSPS) is 12.2. The molecule has 1 rings (SSSR count). The highest BCUT2D eigenvalue weighted by Gasteiger charge is 2.16. The van der Waals surface area contributed by atoms with Gasteiger partial charge in [-0.25, -0.2) is 4.79 Å². The number of aliphatic hydroxyl groups is 1. The number of amides is 1. The largest absolute Gasteiger partial charge is 0.479 e. The van der Waals surface area contributed by atoms with Gasteiger partial charge in [0.15, 0.2) is 6.10 Å². The number of thiophene rings is 1. The van der Waals surface area contributed by atoms with Crippen molar-refractivity contribution >= 4 is 23.2 Å². The number of nitrogens with one attached hydrogen (secondary N) is 1. The Morgan fingerprint density at radius 2 is 2.12 bits per heavy atom. The summed E-state index contributed by atoms with van der Waals surface area (Å²) in [6, 6.07) is 1.74. The number of aliphatic hydroxyl groups excluding tert-OH is 1. The Hall–Kier alpha value is -1.40. The number of rotatable bonds is 4. The molecule has 0 fully saturated rings. The van der Waals surface area contributed by atoms with Crippen molar-refractivity contribution in [2.24, 2.45) is 0 Å². The summed E-state index contributed by atoms with van der Waals surface area (Å²) in [5.41, 5.74) is 1.02. The first-order chi connectivity index (χ1) is 7.41. The van der Waals surface area contributed by atoms with Gasteiger partial charge in [-0.3, -0.25) is 4.79 Å². The van der Waals surface area contributed by atoms with Crippen LogP contribution in [-0.2, 0) is 4.79 Å². The Bertz CT molecular complexity index is 393. The summed E-state index contributed by atoms with van der Waals surface area (Å²) < 4.78 is 0. The number of carboxylic acids is 1. The number of carbonyl (C=O) groups is 2. The zero-order chi connectivity index (χ0) is 12.3. The van der Waals surface area contributed by atoms with Crippen LogP contribution in [0, 0.1) is 13.8 Å². The Labute approximate surface area is 96.7 Å². The molecule has 16 heavy (non-hydrogen) atoms. The van der Waals surface area contributed by atoms with E-state index in [9.17, 15) is 9.59 Å². The lowest BCUT2D eigenvalue weighted by Crippen LogP contribution is -2.36. The summed E-state index contributed by atoms with van der Waals surface area (Å²) in [5, 5.41) is 19.7. The van der Waals surface area contributed by atoms with E-state index >= 15 is 0 Å². The van der Waals surface area contributed by atoms with Crippen LogP contribution < -0.4 is 5.32 Å². The third-order valence-electron chi connectivity index (χ3n) is 2.13. The lowest BCUT2D eigenvalue weighted by atomic mass is 10.3. The average Bonchev–Trinajstić information content (AvgIpc) is 2.55. The van der Waals surface area contributed by atoms with E-state index in [4.69, 9.17) is 10.2 Å². The van der Waals surface area contributed by atoms with E-state index in [2.05, 4.69) is 5.32 Å². The van der Waals surface area contributed by atoms with Gasteiger partial charge in [-0.1, -0.05) is 0 Å². The van der Waals surface area contributed by atoms with Gasteiger partial charge >= 0.3 is 5.97 Å². The minimum Gasteiger partial charge on any atom is -0.479 e. The molecule has 0 bridgehead atoms. The third kappa shape index (κ3) is 3.04. The minimum atomic E-state index is -1.56. The fraction of sp³-hybridized carbons (Fsp3) is 0.400. The van der Waals surface area contributed by atoms with E-state index < -0.39 is 12.1 Å². The summed E-state index contributed by atoms with van der Waals surface area (Å²) >= 11 is 1.34. The molecular formula is C10H13NO4S. The lowest BCUT2D eigenvalue weighted by molar-refractivity contribution is -0.146. The molecule has 0 saturated heterocycles. The molecule has 5 nitrogen and oxygen atoms in total. The van der Waals surface area contributed by atoms with Gasteiger partial charge in [0.1, 0.15) is 0 Å². The van der Waals surface area contributed by atoms with Crippen LogP contribution in [0.2, 0.25) is 0 Å². The molecule has 6 heteroatoms. The van der Waals surface area contributed by atoms with Gasteiger partial charge in [0.05, 0.1) is 11.4 Å². The maximum atomic E-state index is 11.5. The first kappa shape index (κ1) is 12.7. The molecule has 0 aromatic carbocycles. The highest BCUT2D eigenvalue weighted by Crippen LogP contribution is 2.20. The molecule has 88 valence electrons. The Balaban J connectivity index is 2.56. The first-order valence-electron chi connectivity index (χ1n) is 4.68. The predicted octanol–water partition coefficient (Wildman–Crippen LogP) is 0.540. The zero-order valence-electron chi connectivity index (χ0n) is 8.98. The molecule has 0 aliphatic carbocycles. The highest BCUT2D eigenvalue weighted by molar-refractivity contribution is 7.14. The summed E-state index contributed by atoms with van der Waals surface area (Å²) in [4.78, 5) is 23.4. The zero-order valence-corrected chi connectivity index (χ0v) is 9.80. The van der Waals surface area contributed by atoms with Gasteiger partial charge in [0.2, 0.25) is 0 Å². The van der Waals surface area contributed by atoms with Crippen LogP contribution in [-0.4, -0.2) is 34.7 Å². The monoisotopic (exact) mass is 243 g/mol. The van der Waals surface area contributed by atoms with E-state index in [0.29, 0.717) is 4.88 Å². The van der Waals surface area contributed by atoms with Crippen molar-refractivity contribution in [3.8, 4) is 0 Å². The van der Waals surface area contributed by atoms with E-state index in [1.165, 1.54) is 11.3 Å². The molecular weight excluding hydrogens is 230 g/mol. The summed E-state index contributed by atoms with van der Waals surface area (Å²) in [6.07, 6.45) is -1.56. The number of hydrogen-bond acceptors (Lipinski definition) is 4. The van der Waals surface area contributed by atoms with Crippen molar-refractivity contribution in [3.63, 3.8) is 0 Å². The quantitative estimate of drug-likeness (QED) is 0.720. The molecule has 0 saturated carbocycles. The van der Waals surface area contributed by atoms with Gasteiger partial charge in [-0.2, -0.15) is 0 Å². The molecule has 1 unspecified atom stereocenters. The van der Waals surface area contributed by atoms with E-state index in [1.807, 2.05) is 13.8 Å². The average molecular weight is 243 g/mol. The van der Waals surface area contributed by atoms with Crippen LogP contribution in [0.5, 0.6) is 0 Å². The van der Waals surface area contributed by atoms with Crippen LogP contribution in [0.4, 0.5) is 0 Å². The van der Waals surface area contributed by atoms with Crippen LogP contribution in [0.15, 0.2) is 6.07 Å². The minimum absolute atomic E-state index is 0.288. The second-order valence-electron chi connectivity index (χ2n) is 3.41. The fourth-order valence-electron chi connectivity index (χ4n) is 1.05. The number of hydrogen-bond donors (Lipinski definition) is 3. The van der Waals surface area contributed by atoms with Gasteiger partial charge < -0.3 is 15.5 Å². The molecule has 0 aliphatic heterocycles. The van der Waals surface area contributed by atoms with E-state index in [-0.39, 0.29) is 12.5 Å². The second-order valence-corrected chi connectivity index (χ2v) is 4.67. The van der Waals surface area contributed by atoms with Crippen molar-refractivity contribution in [3.05, 3.63) is 21.4 Å². The molecule has 1 heterocycles. The van der Waals surface area contributed by atoms with Crippen LogP contribution in [0.3, 0.4) is 0 Å². The Kier molecular flexibility index (Phi) is 4.03. The Morgan fingerprint density at radius 1 is 1.50 bits per heavy atom.